The lowest BCUT2D eigenvalue weighted by Gasteiger charge is -2.18. The van der Waals surface area contributed by atoms with Crippen molar-refractivity contribution < 1.29 is 0 Å². The third-order valence-corrected chi connectivity index (χ3v) is 3.50. The first-order chi connectivity index (χ1) is 9.15. The Labute approximate surface area is 112 Å². The molecule has 0 unspecified atom stereocenters. The highest BCUT2D eigenvalue weighted by Crippen LogP contribution is 2.23. The van der Waals surface area contributed by atoms with Crippen LogP contribution >= 0.6 is 0 Å². The summed E-state index contributed by atoms with van der Waals surface area (Å²) in [5.74, 6) is 0.713. The highest BCUT2D eigenvalue weighted by atomic mass is 15.3. The number of nitrogens with zero attached hydrogens (tertiary/aromatic N) is 3. The highest BCUT2D eigenvalue weighted by Gasteiger charge is 2.17. The summed E-state index contributed by atoms with van der Waals surface area (Å²) in [5.41, 5.74) is 9.78. The molecule has 3 N–H and O–H groups in total. The van der Waals surface area contributed by atoms with E-state index in [1.54, 1.807) is 10.9 Å². The quantitative estimate of drug-likeness (QED) is 0.633. The fourth-order valence-electron chi connectivity index (χ4n) is 2.52. The van der Waals surface area contributed by atoms with E-state index in [4.69, 9.17) is 16.1 Å². The Morgan fingerprint density at radius 2 is 2.16 bits per heavy atom. The molecule has 98 valence electrons. The van der Waals surface area contributed by atoms with Crippen molar-refractivity contribution >= 4 is 5.84 Å². The molecule has 0 saturated heterocycles. The van der Waals surface area contributed by atoms with Gasteiger partial charge in [0, 0.05) is 11.9 Å². The van der Waals surface area contributed by atoms with Crippen LogP contribution in [0.3, 0.4) is 0 Å². The minimum Gasteiger partial charge on any atom is -0.384 e. The molecular weight excluding hydrogens is 238 g/mol. The molecule has 3 rings (SSSR count). The lowest BCUT2D eigenvalue weighted by atomic mass is 9.94. The molecular formula is C14H17N5. The number of pyridine rings is 1. The Balaban J connectivity index is 2.18. The second-order valence-corrected chi connectivity index (χ2v) is 5.05. The normalized spacial score (nSPS) is 14.2. The molecule has 0 radical (unpaired) electrons. The van der Waals surface area contributed by atoms with E-state index in [0.29, 0.717) is 11.4 Å². The summed E-state index contributed by atoms with van der Waals surface area (Å²) in [6.07, 6.45) is 8.08. The largest absolute Gasteiger partial charge is 0.384 e. The first kappa shape index (κ1) is 11.9. The van der Waals surface area contributed by atoms with Crippen LogP contribution < -0.4 is 5.73 Å². The molecule has 5 nitrogen and oxygen atoms in total. The van der Waals surface area contributed by atoms with Crippen molar-refractivity contribution in [3.05, 3.63) is 40.8 Å². The van der Waals surface area contributed by atoms with Crippen LogP contribution in [-0.2, 0) is 12.8 Å². The maximum atomic E-state index is 7.75. The average Bonchev–Trinajstić information content (AvgIpc) is 2.83. The number of amidine groups is 1. The zero-order valence-electron chi connectivity index (χ0n) is 11.0. The van der Waals surface area contributed by atoms with Gasteiger partial charge in [0.05, 0.1) is 11.8 Å². The van der Waals surface area contributed by atoms with Gasteiger partial charge in [-0.05, 0) is 49.8 Å². The Hall–Kier alpha value is -2.17. The average molecular weight is 255 g/mol. The van der Waals surface area contributed by atoms with E-state index in [1.165, 1.54) is 18.4 Å². The Bertz CT molecular complexity index is 641. The summed E-state index contributed by atoms with van der Waals surface area (Å²) in [5, 5.41) is 12.0. The Kier molecular flexibility index (Phi) is 2.81. The van der Waals surface area contributed by atoms with Crippen molar-refractivity contribution in [2.45, 2.75) is 32.6 Å². The standard InChI is InChI=1S/C14H17N5/c1-9-7-17-19(8-9)14-11(13(15)16)6-10-4-2-3-5-12(10)18-14/h6-8H,2-5H2,1H3,(H3,15,16). The number of hydrogen-bond donors (Lipinski definition) is 2. The summed E-state index contributed by atoms with van der Waals surface area (Å²) in [7, 11) is 0. The zero-order valence-corrected chi connectivity index (χ0v) is 11.0. The van der Waals surface area contributed by atoms with E-state index in [1.807, 2.05) is 19.2 Å². The third kappa shape index (κ3) is 2.12. The third-order valence-electron chi connectivity index (χ3n) is 3.50. The molecule has 0 atom stereocenters. The second-order valence-electron chi connectivity index (χ2n) is 5.05. The molecule has 1 aliphatic rings. The number of aryl methyl sites for hydroxylation is 3. The van der Waals surface area contributed by atoms with Crippen molar-refractivity contribution in [1.29, 1.82) is 5.41 Å². The van der Waals surface area contributed by atoms with Gasteiger partial charge < -0.3 is 5.73 Å². The molecule has 0 saturated carbocycles. The lowest BCUT2D eigenvalue weighted by molar-refractivity contribution is 0.661. The van der Waals surface area contributed by atoms with E-state index in [-0.39, 0.29) is 5.84 Å². The van der Waals surface area contributed by atoms with Gasteiger partial charge in [0.15, 0.2) is 5.82 Å². The number of nitrogen functional groups attached to an aromatic ring is 1. The Morgan fingerprint density at radius 1 is 1.37 bits per heavy atom. The first-order valence-corrected chi connectivity index (χ1v) is 6.54. The number of hydrogen-bond acceptors (Lipinski definition) is 3. The second kappa shape index (κ2) is 4.50. The minimum absolute atomic E-state index is 0.0454. The maximum Gasteiger partial charge on any atom is 0.164 e. The number of nitrogens with two attached hydrogens (primary N) is 1. The van der Waals surface area contributed by atoms with Crippen LogP contribution in [0.4, 0.5) is 0 Å². The monoisotopic (exact) mass is 255 g/mol. The fourth-order valence-corrected chi connectivity index (χ4v) is 2.52. The predicted octanol–water partition coefficient (Wildman–Crippen LogP) is 1.74. The van der Waals surface area contributed by atoms with Gasteiger partial charge in [0.1, 0.15) is 5.84 Å². The van der Waals surface area contributed by atoms with Gasteiger partial charge in [-0.3, -0.25) is 5.41 Å². The number of fused-ring (bicyclic) bond motifs is 1. The molecule has 2 heterocycles. The molecule has 2 aromatic heterocycles. The van der Waals surface area contributed by atoms with Crippen LogP contribution in [-0.4, -0.2) is 20.6 Å². The molecule has 2 aromatic rings. The van der Waals surface area contributed by atoms with Gasteiger partial charge in [-0.1, -0.05) is 0 Å². The van der Waals surface area contributed by atoms with E-state index in [9.17, 15) is 0 Å². The number of rotatable bonds is 2. The summed E-state index contributed by atoms with van der Waals surface area (Å²) in [6.45, 7) is 1.98. The van der Waals surface area contributed by atoms with Crippen LogP contribution in [0.5, 0.6) is 0 Å². The molecule has 0 fully saturated rings. The minimum atomic E-state index is 0.0454. The number of nitrogens with one attached hydrogen (secondary N) is 1. The van der Waals surface area contributed by atoms with Crippen LogP contribution in [0.25, 0.3) is 5.82 Å². The van der Waals surface area contributed by atoms with Gasteiger partial charge in [0.2, 0.25) is 0 Å². The smallest absolute Gasteiger partial charge is 0.164 e. The van der Waals surface area contributed by atoms with Crippen molar-refractivity contribution in [3.8, 4) is 5.82 Å². The van der Waals surface area contributed by atoms with Crippen LogP contribution in [0.15, 0.2) is 18.5 Å². The van der Waals surface area contributed by atoms with Gasteiger partial charge in [-0.2, -0.15) is 5.10 Å². The van der Waals surface area contributed by atoms with Gasteiger partial charge in [0.25, 0.3) is 0 Å². The molecule has 19 heavy (non-hydrogen) atoms. The van der Waals surface area contributed by atoms with Crippen LogP contribution in [0.2, 0.25) is 0 Å². The molecule has 0 aliphatic heterocycles. The summed E-state index contributed by atoms with van der Waals surface area (Å²) >= 11 is 0. The molecule has 5 heteroatoms. The van der Waals surface area contributed by atoms with Crippen molar-refractivity contribution in [2.75, 3.05) is 0 Å². The summed E-state index contributed by atoms with van der Waals surface area (Å²) in [6, 6.07) is 2.01. The van der Waals surface area contributed by atoms with E-state index >= 15 is 0 Å². The van der Waals surface area contributed by atoms with Gasteiger partial charge in [-0.25, -0.2) is 9.67 Å². The molecule has 0 aromatic carbocycles. The van der Waals surface area contributed by atoms with Crippen molar-refractivity contribution in [3.63, 3.8) is 0 Å². The highest BCUT2D eigenvalue weighted by molar-refractivity contribution is 5.98. The summed E-state index contributed by atoms with van der Waals surface area (Å²) in [4.78, 5) is 4.70. The topological polar surface area (TPSA) is 80.6 Å². The predicted molar refractivity (Wildman–Crippen MR) is 73.8 cm³/mol. The van der Waals surface area contributed by atoms with E-state index in [2.05, 4.69) is 5.10 Å². The van der Waals surface area contributed by atoms with Crippen LogP contribution in [0.1, 0.15) is 35.2 Å². The van der Waals surface area contributed by atoms with Gasteiger partial charge in [-0.15, -0.1) is 0 Å². The zero-order chi connectivity index (χ0) is 13.4. The van der Waals surface area contributed by atoms with Crippen molar-refractivity contribution in [1.82, 2.24) is 14.8 Å². The summed E-state index contributed by atoms with van der Waals surface area (Å²) < 4.78 is 1.71. The number of aromatic nitrogens is 3. The molecule has 0 bridgehead atoms. The van der Waals surface area contributed by atoms with Gasteiger partial charge >= 0.3 is 0 Å². The van der Waals surface area contributed by atoms with E-state index in [0.717, 1.165) is 24.1 Å². The molecule has 0 spiro atoms. The Morgan fingerprint density at radius 3 is 2.84 bits per heavy atom. The SMILES string of the molecule is Cc1cnn(-c2nc3c(cc2C(=N)N)CCCC3)c1. The van der Waals surface area contributed by atoms with Crippen LogP contribution in [0, 0.1) is 12.3 Å². The van der Waals surface area contributed by atoms with Crippen molar-refractivity contribution in [2.24, 2.45) is 5.73 Å². The van der Waals surface area contributed by atoms with E-state index < -0.39 is 0 Å². The fraction of sp³-hybridized carbons (Fsp3) is 0.357. The first-order valence-electron chi connectivity index (χ1n) is 6.54. The maximum absolute atomic E-state index is 7.75. The lowest BCUT2D eigenvalue weighted by Crippen LogP contribution is -2.19. The molecule has 0 amide bonds. The molecule has 1 aliphatic carbocycles.